The van der Waals surface area contributed by atoms with Gasteiger partial charge in [0.15, 0.2) is 11.6 Å². The molecule has 2 rings (SSSR count). The molecule has 1 atom stereocenters. The van der Waals surface area contributed by atoms with Gasteiger partial charge < -0.3 is 10.4 Å². The van der Waals surface area contributed by atoms with Gasteiger partial charge in [-0.3, -0.25) is 4.79 Å². The van der Waals surface area contributed by atoms with Gasteiger partial charge in [-0.1, -0.05) is 24.3 Å². The van der Waals surface area contributed by atoms with E-state index in [1.807, 2.05) is 12.1 Å². The number of halogens is 3. The van der Waals surface area contributed by atoms with Crippen molar-refractivity contribution in [3.05, 3.63) is 68.8 Å². The molecule has 1 amide bonds. The minimum absolute atomic E-state index is 0.0388. The maximum absolute atomic E-state index is 13.6. The molecular formula is C16H12F2INO3. The molecule has 0 saturated carbocycles. The maximum Gasteiger partial charge on any atom is 0.326 e. The molecular weight excluding hydrogens is 419 g/mol. The van der Waals surface area contributed by atoms with Crippen molar-refractivity contribution in [1.29, 1.82) is 0 Å². The Morgan fingerprint density at radius 1 is 1.13 bits per heavy atom. The largest absolute Gasteiger partial charge is 0.480 e. The van der Waals surface area contributed by atoms with Crippen molar-refractivity contribution in [2.24, 2.45) is 0 Å². The number of hydrogen-bond donors (Lipinski definition) is 2. The van der Waals surface area contributed by atoms with E-state index in [2.05, 4.69) is 27.9 Å². The molecule has 0 spiro atoms. The quantitative estimate of drug-likeness (QED) is 0.716. The van der Waals surface area contributed by atoms with Crippen LogP contribution < -0.4 is 5.32 Å². The molecule has 0 radical (unpaired) electrons. The lowest BCUT2D eigenvalue weighted by Crippen LogP contribution is -2.42. The van der Waals surface area contributed by atoms with Crippen molar-refractivity contribution in [2.75, 3.05) is 0 Å². The van der Waals surface area contributed by atoms with Gasteiger partial charge in [-0.15, -0.1) is 0 Å². The van der Waals surface area contributed by atoms with Crippen molar-refractivity contribution >= 4 is 34.5 Å². The molecule has 0 heterocycles. The fourth-order valence-corrected chi connectivity index (χ4v) is 2.61. The van der Waals surface area contributed by atoms with E-state index in [4.69, 9.17) is 0 Å². The molecule has 2 aromatic rings. The van der Waals surface area contributed by atoms with Crippen molar-refractivity contribution in [1.82, 2.24) is 5.32 Å². The first-order valence-electron chi connectivity index (χ1n) is 6.61. The average Bonchev–Trinajstić information content (AvgIpc) is 2.51. The fourth-order valence-electron chi connectivity index (χ4n) is 2.00. The van der Waals surface area contributed by atoms with Crippen LogP contribution in [0.15, 0.2) is 42.5 Å². The number of hydrogen-bond acceptors (Lipinski definition) is 2. The molecule has 4 nitrogen and oxygen atoms in total. The Hall–Kier alpha value is -2.03. The van der Waals surface area contributed by atoms with Crippen LogP contribution in [0.5, 0.6) is 0 Å². The van der Waals surface area contributed by atoms with Crippen LogP contribution in [0.3, 0.4) is 0 Å². The topological polar surface area (TPSA) is 66.4 Å². The number of carbonyl (C=O) groups excluding carboxylic acids is 1. The van der Waals surface area contributed by atoms with Gasteiger partial charge in [-0.05, 0) is 46.4 Å². The van der Waals surface area contributed by atoms with E-state index in [0.29, 0.717) is 0 Å². The van der Waals surface area contributed by atoms with E-state index in [9.17, 15) is 23.5 Å². The summed E-state index contributed by atoms with van der Waals surface area (Å²) < 4.78 is 27.6. The molecule has 2 N–H and O–H groups in total. The molecule has 0 unspecified atom stereocenters. The number of nitrogens with one attached hydrogen (secondary N) is 1. The van der Waals surface area contributed by atoms with Crippen molar-refractivity contribution in [2.45, 2.75) is 12.5 Å². The predicted molar refractivity (Wildman–Crippen MR) is 88.1 cm³/mol. The summed E-state index contributed by atoms with van der Waals surface area (Å²) in [6.07, 6.45) is 0.0388. The monoisotopic (exact) mass is 431 g/mol. The molecule has 23 heavy (non-hydrogen) atoms. The maximum atomic E-state index is 13.6. The Balaban J connectivity index is 2.20. The first-order chi connectivity index (χ1) is 10.9. The second-order valence-corrected chi connectivity index (χ2v) is 5.92. The highest BCUT2D eigenvalue weighted by molar-refractivity contribution is 14.1. The van der Waals surface area contributed by atoms with E-state index in [0.717, 1.165) is 21.3 Å². The summed E-state index contributed by atoms with van der Waals surface area (Å²) in [6.45, 7) is 0. The average molecular weight is 431 g/mol. The number of carboxylic acid groups (broad SMARTS) is 1. The van der Waals surface area contributed by atoms with Gasteiger partial charge in [-0.25, -0.2) is 13.6 Å². The fraction of sp³-hybridized carbons (Fsp3) is 0.125. The van der Waals surface area contributed by atoms with Crippen LogP contribution in [0.2, 0.25) is 0 Å². The molecule has 0 aliphatic heterocycles. The number of carbonyl (C=O) groups is 2. The van der Waals surface area contributed by atoms with Crippen LogP contribution in [0.25, 0.3) is 0 Å². The highest BCUT2D eigenvalue weighted by Crippen LogP contribution is 2.15. The Labute approximate surface area is 144 Å². The zero-order chi connectivity index (χ0) is 17.0. The Bertz CT molecular complexity index is 752. The number of amides is 1. The van der Waals surface area contributed by atoms with Crippen molar-refractivity contribution < 1.29 is 23.5 Å². The van der Waals surface area contributed by atoms with Gasteiger partial charge in [0.1, 0.15) is 6.04 Å². The van der Waals surface area contributed by atoms with Crippen molar-refractivity contribution in [3.63, 3.8) is 0 Å². The van der Waals surface area contributed by atoms with E-state index >= 15 is 0 Å². The zero-order valence-electron chi connectivity index (χ0n) is 11.7. The zero-order valence-corrected chi connectivity index (χ0v) is 13.9. The summed E-state index contributed by atoms with van der Waals surface area (Å²) in [4.78, 5) is 23.4. The third kappa shape index (κ3) is 4.25. The number of rotatable bonds is 5. The highest BCUT2D eigenvalue weighted by atomic mass is 127. The van der Waals surface area contributed by atoms with E-state index in [1.54, 1.807) is 12.1 Å². The molecule has 0 fully saturated rings. The van der Waals surface area contributed by atoms with Crippen LogP contribution in [-0.2, 0) is 11.2 Å². The summed E-state index contributed by atoms with van der Waals surface area (Å²) in [7, 11) is 0. The minimum Gasteiger partial charge on any atom is -0.480 e. The summed E-state index contributed by atoms with van der Waals surface area (Å²) >= 11 is 2.06. The van der Waals surface area contributed by atoms with Gasteiger partial charge in [0.2, 0.25) is 0 Å². The van der Waals surface area contributed by atoms with Gasteiger partial charge >= 0.3 is 5.97 Å². The smallest absolute Gasteiger partial charge is 0.326 e. The number of aliphatic carboxylic acids is 1. The lowest BCUT2D eigenvalue weighted by Gasteiger charge is -2.16. The second-order valence-electron chi connectivity index (χ2n) is 4.76. The van der Waals surface area contributed by atoms with Crippen LogP contribution >= 0.6 is 22.6 Å². The van der Waals surface area contributed by atoms with Gasteiger partial charge in [-0.2, -0.15) is 0 Å². The third-order valence-electron chi connectivity index (χ3n) is 3.18. The minimum atomic E-state index is -1.30. The number of benzene rings is 2. The summed E-state index contributed by atoms with van der Waals surface area (Å²) in [5, 5.41) is 11.5. The SMILES string of the molecule is O=C(N[C@@H](Cc1ccccc1I)C(=O)O)c1cccc(F)c1F. The van der Waals surface area contributed by atoms with Crippen LogP contribution in [0.4, 0.5) is 8.78 Å². The predicted octanol–water partition coefficient (Wildman–Crippen LogP) is 3.00. The van der Waals surface area contributed by atoms with E-state index in [-0.39, 0.29) is 6.42 Å². The van der Waals surface area contributed by atoms with Crippen molar-refractivity contribution in [3.8, 4) is 0 Å². The second kappa shape index (κ2) is 7.49. The molecule has 0 aliphatic carbocycles. The highest BCUT2D eigenvalue weighted by Gasteiger charge is 2.24. The summed E-state index contributed by atoms with van der Waals surface area (Å²) in [6, 6.07) is 9.03. The Morgan fingerprint density at radius 2 is 1.83 bits per heavy atom. The van der Waals surface area contributed by atoms with Gasteiger partial charge in [0.25, 0.3) is 5.91 Å². The first-order valence-corrected chi connectivity index (χ1v) is 7.69. The Morgan fingerprint density at radius 3 is 2.48 bits per heavy atom. The molecule has 7 heteroatoms. The Kier molecular flexibility index (Phi) is 5.64. The van der Waals surface area contributed by atoms with Gasteiger partial charge in [0, 0.05) is 9.99 Å². The van der Waals surface area contributed by atoms with Crippen LogP contribution in [-0.4, -0.2) is 23.0 Å². The number of carboxylic acids is 1. The third-order valence-corrected chi connectivity index (χ3v) is 4.23. The van der Waals surface area contributed by atoms with E-state index in [1.165, 1.54) is 6.07 Å². The standard InChI is InChI=1S/C16H12F2INO3/c17-11-6-3-5-10(14(11)18)15(21)20-13(16(22)23)8-9-4-1-2-7-12(9)19/h1-7,13H,8H2,(H,20,21)(H,22,23)/t13-/m0/s1. The van der Waals surface area contributed by atoms with Crippen LogP contribution in [0.1, 0.15) is 15.9 Å². The summed E-state index contributed by atoms with van der Waals surface area (Å²) in [5.41, 5.74) is 0.208. The first kappa shape index (κ1) is 17.3. The van der Waals surface area contributed by atoms with Crippen LogP contribution in [0, 0.1) is 15.2 Å². The van der Waals surface area contributed by atoms with E-state index < -0.39 is 35.1 Å². The summed E-state index contributed by atoms with van der Waals surface area (Å²) in [5.74, 6) is -4.69. The van der Waals surface area contributed by atoms with Gasteiger partial charge in [0.05, 0.1) is 5.56 Å². The molecule has 0 aliphatic rings. The molecule has 0 bridgehead atoms. The molecule has 120 valence electrons. The lowest BCUT2D eigenvalue weighted by atomic mass is 10.1. The normalized spacial score (nSPS) is 11.8. The molecule has 2 aromatic carbocycles. The molecule has 0 saturated heterocycles. The lowest BCUT2D eigenvalue weighted by molar-refractivity contribution is -0.139. The molecule has 0 aromatic heterocycles.